The minimum absolute atomic E-state index is 0.00662. The van der Waals surface area contributed by atoms with Crippen molar-refractivity contribution in [2.24, 2.45) is 11.8 Å². The van der Waals surface area contributed by atoms with E-state index in [1.165, 1.54) is 0 Å². The van der Waals surface area contributed by atoms with Crippen molar-refractivity contribution in [3.63, 3.8) is 0 Å². The van der Waals surface area contributed by atoms with Crippen LogP contribution in [0.1, 0.15) is 68.8 Å². The van der Waals surface area contributed by atoms with E-state index in [1.54, 1.807) is 11.3 Å². The lowest BCUT2D eigenvalue weighted by Crippen LogP contribution is -2.19. The molecule has 6 heteroatoms. The van der Waals surface area contributed by atoms with E-state index in [1.807, 2.05) is 30.3 Å². The number of hydrogen-bond donors (Lipinski definition) is 2. The minimum Gasteiger partial charge on any atom is -0.481 e. The second-order valence-electron chi connectivity index (χ2n) is 8.08. The maximum atomic E-state index is 14.4. The molecule has 0 radical (unpaired) electrons. The van der Waals surface area contributed by atoms with E-state index >= 15 is 0 Å². The summed E-state index contributed by atoms with van der Waals surface area (Å²) in [4.78, 5) is 23.7. The quantitative estimate of drug-likeness (QED) is 0.458. The third-order valence-electron chi connectivity index (χ3n) is 5.99. The Kier molecular flexibility index (Phi) is 7.78. The molecule has 0 aliphatic heterocycles. The molecule has 2 N–H and O–H groups in total. The Bertz CT molecular complexity index is 800. The van der Waals surface area contributed by atoms with Gasteiger partial charge in [-0.05, 0) is 43.2 Å². The van der Waals surface area contributed by atoms with Gasteiger partial charge in [0.15, 0.2) is 0 Å². The molecule has 1 aromatic carbocycles. The van der Waals surface area contributed by atoms with Crippen LogP contribution in [0.2, 0.25) is 0 Å². The van der Waals surface area contributed by atoms with Crippen molar-refractivity contribution < 1.29 is 24.2 Å². The number of aliphatic hydroxyl groups excluding tert-OH is 1. The highest BCUT2D eigenvalue weighted by Crippen LogP contribution is 2.40. The summed E-state index contributed by atoms with van der Waals surface area (Å²) in [6.45, 7) is 0. The van der Waals surface area contributed by atoms with Crippen molar-refractivity contribution in [2.45, 2.75) is 70.1 Å². The van der Waals surface area contributed by atoms with Gasteiger partial charge in [-0.25, -0.2) is 4.39 Å². The van der Waals surface area contributed by atoms with Crippen LogP contribution >= 0.6 is 11.3 Å². The number of ketones is 1. The summed E-state index contributed by atoms with van der Waals surface area (Å²) < 4.78 is 15.5. The summed E-state index contributed by atoms with van der Waals surface area (Å²) in [6, 6.07) is 9.98. The van der Waals surface area contributed by atoms with E-state index in [0.29, 0.717) is 25.7 Å². The van der Waals surface area contributed by atoms with E-state index in [4.69, 9.17) is 5.11 Å². The predicted molar refractivity (Wildman–Crippen MR) is 113 cm³/mol. The van der Waals surface area contributed by atoms with E-state index in [2.05, 4.69) is 0 Å². The van der Waals surface area contributed by atoms with Crippen LogP contribution in [0.3, 0.4) is 0 Å². The number of rotatable bonds is 11. The number of carboxylic acid groups (broad SMARTS) is 1. The summed E-state index contributed by atoms with van der Waals surface area (Å²) in [5, 5.41) is 20.4. The largest absolute Gasteiger partial charge is 0.481 e. The van der Waals surface area contributed by atoms with Crippen LogP contribution in [0, 0.1) is 11.8 Å². The van der Waals surface area contributed by atoms with Crippen molar-refractivity contribution in [3.8, 4) is 0 Å². The molecule has 2 aromatic rings. The fourth-order valence-electron chi connectivity index (χ4n) is 4.40. The molecule has 1 saturated carbocycles. The number of carboxylic acids is 1. The predicted octanol–water partition coefficient (Wildman–Crippen LogP) is 5.68. The highest BCUT2D eigenvalue weighted by atomic mass is 32.1. The van der Waals surface area contributed by atoms with Gasteiger partial charge in [-0.15, -0.1) is 11.3 Å². The van der Waals surface area contributed by atoms with E-state index in [9.17, 15) is 19.1 Å². The topological polar surface area (TPSA) is 74.6 Å². The molecule has 29 heavy (non-hydrogen) atoms. The number of hydrogen-bond acceptors (Lipinski definition) is 4. The van der Waals surface area contributed by atoms with Gasteiger partial charge in [-0.2, -0.15) is 0 Å². The smallest absolute Gasteiger partial charge is 0.303 e. The summed E-state index contributed by atoms with van der Waals surface area (Å²) in [5.74, 6) is -1.38. The van der Waals surface area contributed by atoms with Gasteiger partial charge in [0.2, 0.25) is 0 Å². The lowest BCUT2D eigenvalue weighted by Gasteiger charge is -2.21. The maximum absolute atomic E-state index is 14.4. The first-order valence-electron chi connectivity index (χ1n) is 10.5. The second kappa shape index (κ2) is 10.3. The number of thiophene rings is 1. The average Bonchev–Trinajstić information content (AvgIpc) is 3.23. The molecule has 1 fully saturated rings. The van der Waals surface area contributed by atoms with Gasteiger partial charge in [-0.3, -0.25) is 9.59 Å². The Morgan fingerprint density at radius 2 is 1.93 bits per heavy atom. The minimum atomic E-state index is -1.09. The monoisotopic (exact) mass is 420 g/mol. The Morgan fingerprint density at radius 1 is 1.17 bits per heavy atom. The van der Waals surface area contributed by atoms with Crippen molar-refractivity contribution in [1.29, 1.82) is 0 Å². The number of benzene rings is 1. The Morgan fingerprint density at radius 3 is 2.69 bits per heavy atom. The van der Waals surface area contributed by atoms with Crippen LogP contribution in [-0.4, -0.2) is 28.1 Å². The molecule has 0 saturated heterocycles. The number of carbonyl (C=O) groups is 2. The lowest BCUT2D eigenvalue weighted by atomic mass is 9.85. The normalized spacial score (nSPS) is 23.0. The zero-order valence-electron chi connectivity index (χ0n) is 16.6. The van der Waals surface area contributed by atoms with Crippen LogP contribution < -0.4 is 0 Å². The summed E-state index contributed by atoms with van der Waals surface area (Å²) >= 11 is 1.56. The first-order valence-corrected chi connectivity index (χ1v) is 11.3. The standard InChI is InChI=1S/C23H29FO4S/c24-18-14-20(26)17(16(18)8-3-1-2-4-10-23(27)28)11-12-19(25)22-13-15-7-5-6-9-21(15)29-22/h5-7,9,13,16-19,25H,1-4,8,10-12,14H2,(H,27,28)/t16-,17-,18+,19-/m1/s1. The highest BCUT2D eigenvalue weighted by molar-refractivity contribution is 7.19. The number of carbonyl (C=O) groups excluding carboxylic acids is 1. The molecule has 0 bridgehead atoms. The van der Waals surface area contributed by atoms with Gasteiger partial charge in [-0.1, -0.05) is 37.5 Å². The van der Waals surface area contributed by atoms with E-state index in [-0.39, 0.29) is 30.5 Å². The second-order valence-corrected chi connectivity index (χ2v) is 9.20. The van der Waals surface area contributed by atoms with Gasteiger partial charge in [0.1, 0.15) is 12.0 Å². The summed E-state index contributed by atoms with van der Waals surface area (Å²) in [6.07, 6.45) is 3.22. The van der Waals surface area contributed by atoms with Crippen LogP contribution in [-0.2, 0) is 9.59 Å². The van der Waals surface area contributed by atoms with Crippen molar-refractivity contribution in [2.75, 3.05) is 0 Å². The number of alkyl halides is 1. The number of aliphatic hydroxyl groups is 1. The van der Waals surface area contributed by atoms with Crippen LogP contribution in [0.4, 0.5) is 4.39 Å². The molecule has 0 amide bonds. The highest BCUT2D eigenvalue weighted by Gasteiger charge is 2.41. The maximum Gasteiger partial charge on any atom is 0.303 e. The van der Waals surface area contributed by atoms with Crippen molar-refractivity contribution in [3.05, 3.63) is 35.2 Å². The molecule has 4 atom stereocenters. The molecule has 1 aromatic heterocycles. The zero-order chi connectivity index (χ0) is 20.8. The lowest BCUT2D eigenvalue weighted by molar-refractivity contribution is -0.137. The third-order valence-corrected chi connectivity index (χ3v) is 7.21. The molecule has 3 rings (SSSR count). The van der Waals surface area contributed by atoms with Gasteiger partial charge in [0.05, 0.1) is 6.10 Å². The number of halogens is 1. The SMILES string of the molecule is O=C(O)CCCCCC[C@H]1[C@@H](F)CC(=O)[C@@H]1CC[C@@H](O)c1cc2ccccc2s1. The molecule has 0 spiro atoms. The molecule has 0 unspecified atom stereocenters. The third kappa shape index (κ3) is 5.86. The van der Waals surface area contributed by atoms with E-state index in [0.717, 1.165) is 34.2 Å². The molecular weight excluding hydrogens is 391 g/mol. The number of fused-ring (bicyclic) bond motifs is 1. The fraction of sp³-hybridized carbons (Fsp3) is 0.565. The molecule has 158 valence electrons. The first-order chi connectivity index (χ1) is 14.0. The summed E-state index contributed by atoms with van der Waals surface area (Å²) in [5.41, 5.74) is 0. The molecule has 4 nitrogen and oxygen atoms in total. The van der Waals surface area contributed by atoms with Gasteiger partial charge >= 0.3 is 5.97 Å². The van der Waals surface area contributed by atoms with Gasteiger partial charge in [0, 0.05) is 34.3 Å². The fourth-order valence-corrected chi connectivity index (χ4v) is 5.48. The van der Waals surface area contributed by atoms with Gasteiger partial charge < -0.3 is 10.2 Å². The van der Waals surface area contributed by atoms with E-state index < -0.39 is 18.2 Å². The number of Topliss-reactive ketones (excluding diaryl/α,β-unsaturated/α-hetero) is 1. The van der Waals surface area contributed by atoms with Crippen LogP contribution in [0.5, 0.6) is 0 Å². The van der Waals surface area contributed by atoms with Crippen molar-refractivity contribution in [1.82, 2.24) is 0 Å². The Labute approximate surface area is 174 Å². The van der Waals surface area contributed by atoms with Gasteiger partial charge in [0.25, 0.3) is 0 Å². The number of unbranched alkanes of at least 4 members (excludes halogenated alkanes) is 3. The first kappa shape index (κ1) is 21.9. The molecule has 1 aliphatic rings. The molecular formula is C23H29FO4S. The zero-order valence-corrected chi connectivity index (χ0v) is 17.4. The summed E-state index contributed by atoms with van der Waals surface area (Å²) in [7, 11) is 0. The van der Waals surface area contributed by atoms with Crippen LogP contribution in [0.15, 0.2) is 30.3 Å². The Balaban J connectivity index is 1.49. The van der Waals surface area contributed by atoms with Crippen LogP contribution in [0.25, 0.3) is 10.1 Å². The average molecular weight is 421 g/mol. The molecule has 1 heterocycles. The Hall–Kier alpha value is -1.79. The molecule has 1 aliphatic carbocycles. The number of aliphatic carboxylic acids is 1. The van der Waals surface area contributed by atoms with Crippen molar-refractivity contribution >= 4 is 33.2 Å².